The molecule has 0 radical (unpaired) electrons. The van der Waals surface area contributed by atoms with E-state index in [9.17, 15) is 5.11 Å². The van der Waals surface area contributed by atoms with Gasteiger partial charge in [-0.2, -0.15) is 0 Å². The Balaban J connectivity index is 1.81. The van der Waals surface area contributed by atoms with E-state index < -0.39 is 0 Å². The zero-order chi connectivity index (χ0) is 11.5. The molecule has 1 saturated carbocycles. The zero-order valence-corrected chi connectivity index (χ0v) is 10.8. The van der Waals surface area contributed by atoms with Crippen molar-refractivity contribution in [3.05, 3.63) is 16.1 Å². The molecule has 90 valence electrons. The highest BCUT2D eigenvalue weighted by atomic mass is 32.1. The van der Waals surface area contributed by atoms with Gasteiger partial charge >= 0.3 is 0 Å². The van der Waals surface area contributed by atoms with Gasteiger partial charge in [0.25, 0.3) is 0 Å². The van der Waals surface area contributed by atoms with Crippen LogP contribution >= 0.6 is 11.3 Å². The highest BCUT2D eigenvalue weighted by Gasteiger charge is 2.25. The smallest absolute Gasteiger partial charge is 0.0898 e. The number of aliphatic hydroxyl groups is 1. The predicted molar refractivity (Wildman–Crippen MR) is 66.6 cm³/mol. The molecule has 0 bridgehead atoms. The van der Waals surface area contributed by atoms with E-state index in [0.717, 1.165) is 36.5 Å². The Morgan fingerprint density at radius 2 is 2.44 bits per heavy atom. The highest BCUT2D eigenvalue weighted by molar-refractivity contribution is 7.09. The monoisotopic (exact) mass is 240 g/mol. The Bertz CT molecular complexity index is 340. The van der Waals surface area contributed by atoms with E-state index in [0.29, 0.717) is 5.92 Å². The quantitative estimate of drug-likeness (QED) is 0.848. The van der Waals surface area contributed by atoms with Gasteiger partial charge in [0.15, 0.2) is 0 Å². The van der Waals surface area contributed by atoms with Gasteiger partial charge in [-0.05, 0) is 32.6 Å². The van der Waals surface area contributed by atoms with Crippen LogP contribution in [0.15, 0.2) is 5.38 Å². The van der Waals surface area contributed by atoms with Crippen LogP contribution in [0.1, 0.15) is 42.9 Å². The summed E-state index contributed by atoms with van der Waals surface area (Å²) >= 11 is 1.69. The lowest BCUT2D eigenvalue weighted by molar-refractivity contribution is 0.130. The average Bonchev–Trinajstić information content (AvgIpc) is 2.84. The van der Waals surface area contributed by atoms with E-state index in [1.807, 2.05) is 6.92 Å². The number of rotatable bonds is 4. The molecule has 1 aromatic heterocycles. The Labute approximate surface area is 101 Å². The molecule has 0 spiro atoms. The normalized spacial score (nSPS) is 27.2. The predicted octanol–water partition coefficient (Wildman–Crippen LogP) is 2.26. The molecule has 3 nitrogen and oxygen atoms in total. The second-order valence-electron chi connectivity index (χ2n) is 4.68. The van der Waals surface area contributed by atoms with Gasteiger partial charge in [-0.15, -0.1) is 11.3 Å². The van der Waals surface area contributed by atoms with Crippen LogP contribution in [0.2, 0.25) is 0 Å². The van der Waals surface area contributed by atoms with Gasteiger partial charge in [-0.25, -0.2) is 4.98 Å². The Kier molecular flexibility index (Phi) is 3.95. The van der Waals surface area contributed by atoms with E-state index in [4.69, 9.17) is 0 Å². The summed E-state index contributed by atoms with van der Waals surface area (Å²) in [5, 5.41) is 16.4. The Morgan fingerprint density at radius 1 is 1.62 bits per heavy atom. The van der Waals surface area contributed by atoms with Crippen molar-refractivity contribution in [2.24, 2.45) is 5.92 Å². The van der Waals surface area contributed by atoms with Crippen molar-refractivity contribution >= 4 is 11.3 Å². The maximum atomic E-state index is 9.72. The van der Waals surface area contributed by atoms with Crippen molar-refractivity contribution < 1.29 is 5.11 Å². The minimum atomic E-state index is -0.100. The molecule has 3 atom stereocenters. The first-order valence-corrected chi connectivity index (χ1v) is 6.88. The first-order valence-electron chi connectivity index (χ1n) is 6.00. The summed E-state index contributed by atoms with van der Waals surface area (Å²) in [6, 6.07) is 0.290. The fourth-order valence-electron chi connectivity index (χ4n) is 2.27. The molecule has 16 heavy (non-hydrogen) atoms. The van der Waals surface area contributed by atoms with Gasteiger partial charge in [0.1, 0.15) is 0 Å². The van der Waals surface area contributed by atoms with Gasteiger partial charge in [0.05, 0.1) is 16.8 Å². The first-order chi connectivity index (χ1) is 7.66. The summed E-state index contributed by atoms with van der Waals surface area (Å²) in [7, 11) is 0. The Morgan fingerprint density at radius 3 is 3.00 bits per heavy atom. The fraction of sp³-hybridized carbons (Fsp3) is 0.750. The first kappa shape index (κ1) is 12.0. The molecular formula is C12H20N2OS. The van der Waals surface area contributed by atoms with Crippen molar-refractivity contribution in [1.82, 2.24) is 10.3 Å². The number of nitrogens with one attached hydrogen (secondary N) is 1. The lowest BCUT2D eigenvalue weighted by atomic mass is 10.1. The molecule has 4 heteroatoms. The van der Waals surface area contributed by atoms with E-state index >= 15 is 0 Å². The third kappa shape index (κ3) is 2.81. The van der Waals surface area contributed by atoms with Crippen molar-refractivity contribution in [3.63, 3.8) is 0 Å². The van der Waals surface area contributed by atoms with Crippen LogP contribution in [-0.2, 0) is 0 Å². The topological polar surface area (TPSA) is 45.2 Å². The second kappa shape index (κ2) is 5.25. The van der Waals surface area contributed by atoms with E-state index in [2.05, 4.69) is 22.6 Å². The van der Waals surface area contributed by atoms with Gasteiger partial charge in [0.2, 0.25) is 0 Å². The number of aliphatic hydroxyl groups excluding tert-OH is 1. The molecular weight excluding hydrogens is 220 g/mol. The van der Waals surface area contributed by atoms with Gasteiger partial charge < -0.3 is 10.4 Å². The third-order valence-corrected chi connectivity index (χ3v) is 4.18. The molecule has 0 amide bonds. The molecule has 3 unspecified atom stereocenters. The van der Waals surface area contributed by atoms with Crippen molar-refractivity contribution in [3.8, 4) is 0 Å². The molecule has 1 aliphatic rings. The maximum absolute atomic E-state index is 9.72. The van der Waals surface area contributed by atoms with E-state index in [1.165, 1.54) is 0 Å². The maximum Gasteiger partial charge on any atom is 0.0898 e. The van der Waals surface area contributed by atoms with Crippen molar-refractivity contribution in [2.75, 3.05) is 6.54 Å². The van der Waals surface area contributed by atoms with E-state index in [-0.39, 0.29) is 12.1 Å². The molecule has 0 aromatic carbocycles. The van der Waals surface area contributed by atoms with Crippen LogP contribution in [0.5, 0.6) is 0 Å². The summed E-state index contributed by atoms with van der Waals surface area (Å²) in [4.78, 5) is 4.47. The summed E-state index contributed by atoms with van der Waals surface area (Å²) in [6.07, 6.45) is 3.18. The van der Waals surface area contributed by atoms with Gasteiger partial charge in [0, 0.05) is 18.0 Å². The van der Waals surface area contributed by atoms with Gasteiger partial charge in [-0.1, -0.05) is 6.42 Å². The summed E-state index contributed by atoms with van der Waals surface area (Å²) in [6.45, 7) is 5.07. The van der Waals surface area contributed by atoms with Crippen LogP contribution in [0.25, 0.3) is 0 Å². The molecule has 0 saturated heterocycles. The van der Waals surface area contributed by atoms with E-state index in [1.54, 1.807) is 11.3 Å². The average molecular weight is 240 g/mol. The summed E-state index contributed by atoms with van der Waals surface area (Å²) < 4.78 is 0. The molecule has 1 aliphatic carbocycles. The van der Waals surface area contributed by atoms with Crippen LogP contribution in [0, 0.1) is 12.8 Å². The third-order valence-electron chi connectivity index (χ3n) is 3.39. The zero-order valence-electron chi connectivity index (χ0n) is 9.94. The van der Waals surface area contributed by atoms with Crippen LogP contribution in [-0.4, -0.2) is 22.7 Å². The molecule has 2 N–H and O–H groups in total. The second-order valence-corrected chi connectivity index (χ2v) is 5.74. The number of hydrogen-bond donors (Lipinski definition) is 2. The molecule has 1 heterocycles. The minimum Gasteiger partial charge on any atom is -0.393 e. The van der Waals surface area contributed by atoms with Crippen LogP contribution in [0.3, 0.4) is 0 Å². The molecule has 1 fully saturated rings. The highest BCUT2D eigenvalue weighted by Crippen LogP contribution is 2.25. The number of hydrogen-bond acceptors (Lipinski definition) is 4. The number of thiazole rings is 1. The lowest BCUT2D eigenvalue weighted by Crippen LogP contribution is -2.29. The number of aromatic nitrogens is 1. The van der Waals surface area contributed by atoms with Crippen LogP contribution in [0.4, 0.5) is 0 Å². The summed E-state index contributed by atoms with van der Waals surface area (Å²) in [5.74, 6) is 0.433. The van der Waals surface area contributed by atoms with Gasteiger partial charge in [-0.3, -0.25) is 0 Å². The fourth-order valence-corrected chi connectivity index (χ4v) is 2.97. The molecule has 2 rings (SSSR count). The van der Waals surface area contributed by atoms with Crippen molar-refractivity contribution in [2.45, 2.75) is 45.3 Å². The van der Waals surface area contributed by atoms with Crippen LogP contribution < -0.4 is 5.32 Å². The largest absolute Gasteiger partial charge is 0.393 e. The molecule has 1 aromatic rings. The summed E-state index contributed by atoms with van der Waals surface area (Å²) in [5.41, 5.74) is 1.12. The Hall–Kier alpha value is -0.450. The SMILES string of the molecule is Cc1nc(C(C)NCC2CCCC2O)cs1. The lowest BCUT2D eigenvalue weighted by Gasteiger charge is -2.18. The standard InChI is InChI=1S/C12H20N2OS/c1-8(11-7-16-9(2)14-11)13-6-10-4-3-5-12(10)15/h7-8,10,12-13,15H,3-6H2,1-2H3. The number of aryl methyl sites for hydroxylation is 1. The molecule has 0 aliphatic heterocycles. The van der Waals surface area contributed by atoms with Crippen molar-refractivity contribution in [1.29, 1.82) is 0 Å². The number of nitrogens with zero attached hydrogens (tertiary/aromatic N) is 1. The minimum absolute atomic E-state index is 0.100.